The van der Waals surface area contributed by atoms with Gasteiger partial charge >= 0.3 is 0 Å². The molecular formula is C23H23FN6. The van der Waals surface area contributed by atoms with E-state index in [1.807, 2.05) is 36.7 Å². The summed E-state index contributed by atoms with van der Waals surface area (Å²) in [4.78, 5) is 14.0. The third-order valence-electron chi connectivity index (χ3n) is 5.58. The minimum Gasteiger partial charge on any atom is -0.398 e. The Balaban J connectivity index is 1.43. The first-order valence-corrected chi connectivity index (χ1v) is 10.1. The largest absolute Gasteiger partial charge is 0.398 e. The molecule has 0 spiro atoms. The zero-order valence-corrected chi connectivity index (χ0v) is 16.6. The zero-order valence-electron chi connectivity index (χ0n) is 16.6. The van der Waals surface area contributed by atoms with Crippen molar-refractivity contribution in [2.24, 2.45) is 0 Å². The van der Waals surface area contributed by atoms with Crippen molar-refractivity contribution in [3.8, 4) is 11.3 Å². The maximum absolute atomic E-state index is 13.4. The highest BCUT2D eigenvalue weighted by atomic mass is 19.1. The predicted molar refractivity (Wildman–Crippen MR) is 117 cm³/mol. The summed E-state index contributed by atoms with van der Waals surface area (Å²) >= 11 is 0. The van der Waals surface area contributed by atoms with Gasteiger partial charge in [-0.15, -0.1) is 0 Å². The van der Waals surface area contributed by atoms with Crippen LogP contribution < -0.4 is 10.6 Å². The van der Waals surface area contributed by atoms with Gasteiger partial charge in [-0.25, -0.2) is 14.4 Å². The number of benzene rings is 1. The number of fused-ring (bicyclic) bond motifs is 1. The molecule has 0 aliphatic carbocycles. The summed E-state index contributed by atoms with van der Waals surface area (Å²) in [6, 6.07) is 16.3. The Labute approximate surface area is 174 Å². The van der Waals surface area contributed by atoms with Crippen LogP contribution in [-0.2, 0) is 6.54 Å². The van der Waals surface area contributed by atoms with Gasteiger partial charge in [0.15, 0.2) is 0 Å². The maximum Gasteiger partial charge on any atom is 0.137 e. The van der Waals surface area contributed by atoms with Crippen LogP contribution in [0.5, 0.6) is 0 Å². The molecule has 1 aliphatic heterocycles. The lowest BCUT2D eigenvalue weighted by atomic mass is 10.1. The van der Waals surface area contributed by atoms with E-state index in [2.05, 4.69) is 25.3 Å². The average molecular weight is 402 g/mol. The minimum atomic E-state index is -0.251. The summed E-state index contributed by atoms with van der Waals surface area (Å²) in [6.45, 7) is 4.43. The van der Waals surface area contributed by atoms with E-state index in [4.69, 9.17) is 10.7 Å². The molecule has 152 valence electrons. The number of nitrogen functional groups attached to an aromatic ring is 1. The van der Waals surface area contributed by atoms with E-state index in [0.717, 1.165) is 61.1 Å². The Morgan fingerprint density at radius 1 is 0.933 bits per heavy atom. The van der Waals surface area contributed by atoms with Crippen LogP contribution in [-0.4, -0.2) is 45.4 Å². The van der Waals surface area contributed by atoms with Gasteiger partial charge in [0, 0.05) is 56.4 Å². The van der Waals surface area contributed by atoms with Crippen LogP contribution in [0.1, 0.15) is 5.69 Å². The van der Waals surface area contributed by atoms with Crippen LogP contribution in [0, 0.1) is 5.82 Å². The smallest absolute Gasteiger partial charge is 0.137 e. The highest BCUT2D eigenvalue weighted by Gasteiger charge is 2.22. The summed E-state index contributed by atoms with van der Waals surface area (Å²) < 4.78 is 15.5. The molecule has 6 nitrogen and oxygen atoms in total. The minimum absolute atomic E-state index is 0.251. The molecule has 3 aromatic heterocycles. The number of nitrogens with two attached hydrogens (primary N) is 1. The second-order valence-corrected chi connectivity index (χ2v) is 7.56. The zero-order chi connectivity index (χ0) is 20.5. The highest BCUT2D eigenvalue weighted by Crippen LogP contribution is 2.27. The molecule has 5 rings (SSSR count). The van der Waals surface area contributed by atoms with Crippen molar-refractivity contribution in [1.82, 2.24) is 19.3 Å². The van der Waals surface area contributed by atoms with Gasteiger partial charge in [0.05, 0.1) is 11.4 Å². The summed E-state index contributed by atoms with van der Waals surface area (Å²) in [5.74, 6) is 0.769. The first-order chi connectivity index (χ1) is 14.7. The van der Waals surface area contributed by atoms with Crippen molar-refractivity contribution in [2.75, 3.05) is 36.8 Å². The van der Waals surface area contributed by atoms with Gasteiger partial charge in [-0.05, 0) is 48.5 Å². The Hall–Kier alpha value is -3.45. The van der Waals surface area contributed by atoms with Gasteiger partial charge < -0.3 is 15.0 Å². The molecule has 2 N–H and O–H groups in total. The maximum atomic E-state index is 13.4. The number of hydrogen-bond donors (Lipinski definition) is 1. The Morgan fingerprint density at radius 3 is 2.47 bits per heavy atom. The number of imidazole rings is 1. The quantitative estimate of drug-likeness (QED) is 0.567. The van der Waals surface area contributed by atoms with E-state index in [-0.39, 0.29) is 5.82 Å². The van der Waals surface area contributed by atoms with Gasteiger partial charge in [0.1, 0.15) is 17.3 Å². The fourth-order valence-electron chi connectivity index (χ4n) is 3.99. The third-order valence-corrected chi connectivity index (χ3v) is 5.58. The fourth-order valence-corrected chi connectivity index (χ4v) is 3.99. The van der Waals surface area contributed by atoms with Crippen molar-refractivity contribution in [3.05, 3.63) is 78.5 Å². The van der Waals surface area contributed by atoms with E-state index in [9.17, 15) is 4.39 Å². The number of aromatic nitrogens is 3. The number of nitrogens with zero attached hydrogens (tertiary/aromatic N) is 5. The molecule has 0 bridgehead atoms. The molecule has 1 aromatic carbocycles. The van der Waals surface area contributed by atoms with Crippen molar-refractivity contribution < 1.29 is 4.39 Å². The van der Waals surface area contributed by atoms with E-state index >= 15 is 0 Å². The van der Waals surface area contributed by atoms with Gasteiger partial charge in [0.25, 0.3) is 0 Å². The molecule has 0 saturated carbocycles. The summed E-state index contributed by atoms with van der Waals surface area (Å²) in [5.41, 5.74) is 10.4. The first kappa shape index (κ1) is 18.6. The van der Waals surface area contributed by atoms with Crippen molar-refractivity contribution in [1.29, 1.82) is 0 Å². The van der Waals surface area contributed by atoms with Crippen molar-refractivity contribution >= 4 is 17.2 Å². The summed E-state index contributed by atoms with van der Waals surface area (Å²) in [7, 11) is 0. The predicted octanol–water partition coefficient (Wildman–Crippen LogP) is 3.44. The number of halogens is 1. The Kier molecular flexibility index (Phi) is 4.80. The monoisotopic (exact) mass is 402 g/mol. The molecule has 4 heterocycles. The van der Waals surface area contributed by atoms with Crippen LogP contribution in [0.4, 0.5) is 15.9 Å². The SMILES string of the molecule is Nc1ccc2nc(-c3ccc(F)cc3)c(CN3CCN(c4ccccn4)CC3)n2c1. The van der Waals surface area contributed by atoms with Crippen LogP contribution in [0.3, 0.4) is 0 Å². The van der Waals surface area contributed by atoms with Crippen LogP contribution in [0.25, 0.3) is 16.9 Å². The molecule has 30 heavy (non-hydrogen) atoms. The number of hydrogen-bond acceptors (Lipinski definition) is 5. The lowest BCUT2D eigenvalue weighted by Crippen LogP contribution is -2.46. The molecule has 7 heteroatoms. The molecule has 1 saturated heterocycles. The second-order valence-electron chi connectivity index (χ2n) is 7.56. The molecule has 1 fully saturated rings. The Morgan fingerprint density at radius 2 is 1.73 bits per heavy atom. The fraction of sp³-hybridized carbons (Fsp3) is 0.217. The number of pyridine rings is 2. The van der Waals surface area contributed by atoms with E-state index < -0.39 is 0 Å². The van der Waals surface area contributed by atoms with E-state index in [1.165, 1.54) is 12.1 Å². The molecular weight excluding hydrogens is 379 g/mol. The standard InChI is InChI=1S/C23H23FN6/c24-18-6-4-17(5-7-18)23-20(30-15-19(25)8-9-22(30)27-23)16-28-11-13-29(14-12-28)21-3-1-2-10-26-21/h1-10,15H,11-14,16,25H2. The molecule has 4 aromatic rings. The van der Waals surface area contributed by atoms with Crippen molar-refractivity contribution in [3.63, 3.8) is 0 Å². The van der Waals surface area contributed by atoms with E-state index in [1.54, 1.807) is 12.1 Å². The average Bonchev–Trinajstić information content (AvgIpc) is 3.13. The normalized spacial score (nSPS) is 15.0. The van der Waals surface area contributed by atoms with Gasteiger partial charge in [-0.3, -0.25) is 4.90 Å². The highest BCUT2D eigenvalue weighted by molar-refractivity contribution is 5.67. The van der Waals surface area contributed by atoms with Crippen LogP contribution in [0.15, 0.2) is 67.0 Å². The van der Waals surface area contributed by atoms with E-state index in [0.29, 0.717) is 5.69 Å². The second kappa shape index (κ2) is 7.76. The number of anilines is 2. The molecule has 1 aliphatic rings. The Bertz CT molecular complexity index is 1150. The van der Waals surface area contributed by atoms with Crippen LogP contribution in [0.2, 0.25) is 0 Å². The lowest BCUT2D eigenvalue weighted by Gasteiger charge is -2.35. The lowest BCUT2D eigenvalue weighted by molar-refractivity contribution is 0.246. The summed E-state index contributed by atoms with van der Waals surface area (Å²) in [6.07, 6.45) is 3.74. The van der Waals surface area contributed by atoms with Gasteiger partial charge in [-0.2, -0.15) is 0 Å². The van der Waals surface area contributed by atoms with Crippen molar-refractivity contribution in [2.45, 2.75) is 6.54 Å². The molecule has 0 amide bonds. The third kappa shape index (κ3) is 3.59. The number of piperazine rings is 1. The molecule has 0 radical (unpaired) electrons. The first-order valence-electron chi connectivity index (χ1n) is 10.1. The number of rotatable bonds is 4. The van der Waals surface area contributed by atoms with Crippen LogP contribution >= 0.6 is 0 Å². The molecule has 0 unspecified atom stereocenters. The summed E-state index contributed by atoms with van der Waals surface area (Å²) in [5, 5.41) is 0. The topological polar surface area (TPSA) is 62.7 Å². The molecule has 0 atom stereocenters. The van der Waals surface area contributed by atoms with Gasteiger partial charge in [-0.1, -0.05) is 6.07 Å². The van der Waals surface area contributed by atoms with Gasteiger partial charge in [0.2, 0.25) is 0 Å².